The molecule has 0 aliphatic heterocycles. The number of rotatable bonds is 3. The molecule has 82 valence electrons. The van der Waals surface area contributed by atoms with Crippen LogP contribution in [-0.2, 0) is 9.53 Å². The molecule has 0 spiro atoms. The number of esters is 1. The first-order chi connectivity index (χ1) is 7.04. The quantitative estimate of drug-likeness (QED) is 0.835. The minimum Gasteiger partial charge on any atom is -0.467 e. The van der Waals surface area contributed by atoms with Crippen LogP contribution in [0.2, 0.25) is 10.0 Å². The van der Waals surface area contributed by atoms with Crippen LogP contribution in [-0.4, -0.2) is 19.1 Å². The maximum Gasteiger partial charge on any atom is 0.327 e. The van der Waals surface area contributed by atoms with Crippen molar-refractivity contribution in [3.8, 4) is 0 Å². The number of hydrogen-bond donors (Lipinski definition) is 1. The van der Waals surface area contributed by atoms with Crippen molar-refractivity contribution in [3.05, 3.63) is 28.2 Å². The second-order valence-electron chi connectivity index (χ2n) is 3.01. The predicted molar refractivity (Wildman–Crippen MR) is 61.6 cm³/mol. The third-order valence-electron chi connectivity index (χ3n) is 1.86. The van der Waals surface area contributed by atoms with Crippen LogP contribution < -0.4 is 5.32 Å². The highest BCUT2D eigenvalue weighted by Gasteiger charge is 2.13. The second kappa shape index (κ2) is 5.24. The summed E-state index contributed by atoms with van der Waals surface area (Å²) in [6, 6.07) is 4.56. The number of methoxy groups -OCH3 is 1. The summed E-state index contributed by atoms with van der Waals surface area (Å²) in [6.07, 6.45) is 0. The summed E-state index contributed by atoms with van der Waals surface area (Å²) in [4.78, 5) is 11.1. The van der Waals surface area contributed by atoms with Gasteiger partial charge in [-0.1, -0.05) is 23.2 Å². The van der Waals surface area contributed by atoms with Gasteiger partial charge in [0, 0.05) is 5.02 Å². The van der Waals surface area contributed by atoms with Crippen LogP contribution in [0.25, 0.3) is 0 Å². The molecule has 0 aliphatic carbocycles. The van der Waals surface area contributed by atoms with E-state index >= 15 is 0 Å². The number of carbonyl (C=O) groups excluding carboxylic acids is 1. The van der Waals surface area contributed by atoms with Gasteiger partial charge in [-0.25, -0.2) is 4.79 Å². The monoisotopic (exact) mass is 247 g/mol. The smallest absolute Gasteiger partial charge is 0.327 e. The van der Waals surface area contributed by atoms with Crippen LogP contribution in [0, 0.1) is 0 Å². The summed E-state index contributed by atoms with van der Waals surface area (Å²) < 4.78 is 4.58. The SMILES string of the molecule is COC(=O)C(C)Nc1ccc(Cl)cc1Cl. The molecule has 1 rings (SSSR count). The van der Waals surface area contributed by atoms with Gasteiger partial charge in [-0.05, 0) is 25.1 Å². The third kappa shape index (κ3) is 3.29. The van der Waals surface area contributed by atoms with Crippen molar-refractivity contribution >= 4 is 34.9 Å². The molecule has 0 fully saturated rings. The van der Waals surface area contributed by atoms with Gasteiger partial charge in [0.05, 0.1) is 17.8 Å². The Morgan fingerprint density at radius 2 is 2.13 bits per heavy atom. The Balaban J connectivity index is 2.76. The number of anilines is 1. The van der Waals surface area contributed by atoms with Gasteiger partial charge in [-0.15, -0.1) is 0 Å². The predicted octanol–water partition coefficient (Wildman–Crippen LogP) is 2.97. The van der Waals surface area contributed by atoms with E-state index in [-0.39, 0.29) is 5.97 Å². The Morgan fingerprint density at radius 3 is 2.67 bits per heavy atom. The van der Waals surface area contributed by atoms with Crippen molar-refractivity contribution in [1.82, 2.24) is 0 Å². The van der Waals surface area contributed by atoms with Crippen molar-refractivity contribution in [2.45, 2.75) is 13.0 Å². The standard InChI is InChI=1S/C10H11Cl2NO2/c1-6(10(14)15-2)13-9-4-3-7(11)5-8(9)12/h3-6,13H,1-2H3. The zero-order valence-corrected chi connectivity index (χ0v) is 9.89. The minimum absolute atomic E-state index is 0.346. The number of ether oxygens (including phenoxy) is 1. The molecule has 1 atom stereocenters. The van der Waals surface area contributed by atoms with Crippen molar-refractivity contribution in [2.75, 3.05) is 12.4 Å². The maximum atomic E-state index is 11.1. The molecule has 15 heavy (non-hydrogen) atoms. The molecule has 1 unspecified atom stereocenters. The van der Waals surface area contributed by atoms with E-state index in [9.17, 15) is 4.79 Å². The average Bonchev–Trinajstić information content (AvgIpc) is 2.20. The first kappa shape index (κ1) is 12.1. The summed E-state index contributed by atoms with van der Waals surface area (Å²) in [6.45, 7) is 1.69. The molecule has 0 saturated carbocycles. The lowest BCUT2D eigenvalue weighted by Crippen LogP contribution is -2.27. The summed E-state index contributed by atoms with van der Waals surface area (Å²) >= 11 is 11.7. The fourth-order valence-electron chi connectivity index (χ4n) is 1.08. The summed E-state index contributed by atoms with van der Waals surface area (Å²) in [5.74, 6) is -0.346. The topological polar surface area (TPSA) is 38.3 Å². The highest BCUT2D eigenvalue weighted by atomic mass is 35.5. The van der Waals surface area contributed by atoms with Crippen LogP contribution in [0.1, 0.15) is 6.92 Å². The Hall–Kier alpha value is -0.930. The molecule has 1 aromatic carbocycles. The lowest BCUT2D eigenvalue weighted by Gasteiger charge is -2.13. The van der Waals surface area contributed by atoms with Crippen molar-refractivity contribution in [3.63, 3.8) is 0 Å². The second-order valence-corrected chi connectivity index (χ2v) is 3.86. The number of nitrogens with one attached hydrogen (secondary N) is 1. The zero-order chi connectivity index (χ0) is 11.4. The fourth-order valence-corrected chi connectivity index (χ4v) is 1.54. The van der Waals surface area contributed by atoms with Gasteiger partial charge < -0.3 is 10.1 Å². The third-order valence-corrected chi connectivity index (χ3v) is 2.41. The summed E-state index contributed by atoms with van der Waals surface area (Å²) in [5.41, 5.74) is 0.652. The van der Waals surface area contributed by atoms with Crippen molar-refractivity contribution < 1.29 is 9.53 Å². The molecular weight excluding hydrogens is 237 g/mol. The Kier molecular flexibility index (Phi) is 4.24. The number of hydrogen-bond acceptors (Lipinski definition) is 3. The lowest BCUT2D eigenvalue weighted by molar-refractivity contribution is -0.141. The minimum atomic E-state index is -0.450. The molecule has 0 heterocycles. The lowest BCUT2D eigenvalue weighted by atomic mass is 10.2. The maximum absolute atomic E-state index is 11.1. The molecule has 0 radical (unpaired) electrons. The Labute approximate surface area is 98.3 Å². The van der Waals surface area contributed by atoms with Gasteiger partial charge in [-0.2, -0.15) is 0 Å². The van der Waals surface area contributed by atoms with E-state index in [1.54, 1.807) is 25.1 Å². The molecule has 1 aromatic rings. The van der Waals surface area contributed by atoms with E-state index < -0.39 is 6.04 Å². The van der Waals surface area contributed by atoms with Gasteiger partial charge in [0.1, 0.15) is 6.04 Å². The summed E-state index contributed by atoms with van der Waals surface area (Å²) in [7, 11) is 1.34. The molecule has 0 bridgehead atoms. The van der Waals surface area contributed by atoms with E-state index in [2.05, 4.69) is 10.1 Å². The van der Waals surface area contributed by atoms with Gasteiger partial charge in [0.25, 0.3) is 0 Å². The molecule has 0 aliphatic rings. The molecular formula is C10H11Cl2NO2. The Bertz CT molecular complexity index is 368. The van der Waals surface area contributed by atoms with Gasteiger partial charge in [-0.3, -0.25) is 0 Å². The molecule has 1 N–H and O–H groups in total. The molecule has 0 saturated heterocycles. The van der Waals surface area contributed by atoms with Crippen LogP contribution in [0.3, 0.4) is 0 Å². The number of halogens is 2. The first-order valence-electron chi connectivity index (χ1n) is 4.34. The Morgan fingerprint density at radius 1 is 1.47 bits per heavy atom. The number of carbonyl (C=O) groups is 1. The van der Waals surface area contributed by atoms with Crippen LogP contribution in [0.5, 0.6) is 0 Å². The summed E-state index contributed by atoms with van der Waals surface area (Å²) in [5, 5.41) is 3.95. The average molecular weight is 248 g/mol. The van der Waals surface area contributed by atoms with Crippen molar-refractivity contribution in [1.29, 1.82) is 0 Å². The molecule has 5 heteroatoms. The van der Waals surface area contributed by atoms with Crippen LogP contribution >= 0.6 is 23.2 Å². The fraction of sp³-hybridized carbons (Fsp3) is 0.300. The van der Waals surface area contributed by atoms with E-state index in [1.807, 2.05) is 0 Å². The first-order valence-corrected chi connectivity index (χ1v) is 5.09. The van der Waals surface area contributed by atoms with E-state index in [0.717, 1.165) is 0 Å². The van der Waals surface area contributed by atoms with E-state index in [1.165, 1.54) is 7.11 Å². The number of benzene rings is 1. The van der Waals surface area contributed by atoms with Crippen LogP contribution in [0.4, 0.5) is 5.69 Å². The van der Waals surface area contributed by atoms with Gasteiger partial charge in [0.2, 0.25) is 0 Å². The van der Waals surface area contributed by atoms with Gasteiger partial charge >= 0.3 is 5.97 Å². The van der Waals surface area contributed by atoms with Gasteiger partial charge in [0.15, 0.2) is 0 Å². The van der Waals surface area contributed by atoms with Crippen molar-refractivity contribution in [2.24, 2.45) is 0 Å². The van der Waals surface area contributed by atoms with E-state index in [0.29, 0.717) is 15.7 Å². The van der Waals surface area contributed by atoms with Crippen LogP contribution in [0.15, 0.2) is 18.2 Å². The molecule has 0 amide bonds. The molecule has 0 aromatic heterocycles. The molecule has 3 nitrogen and oxygen atoms in total. The zero-order valence-electron chi connectivity index (χ0n) is 8.38. The highest BCUT2D eigenvalue weighted by molar-refractivity contribution is 6.36. The normalized spacial score (nSPS) is 12.0. The van der Waals surface area contributed by atoms with E-state index in [4.69, 9.17) is 23.2 Å². The largest absolute Gasteiger partial charge is 0.467 e. The highest BCUT2D eigenvalue weighted by Crippen LogP contribution is 2.25.